The molecule has 0 atom stereocenters. The minimum atomic E-state index is -0.839. The summed E-state index contributed by atoms with van der Waals surface area (Å²) in [5.74, 6) is -0.931. The van der Waals surface area contributed by atoms with Crippen molar-refractivity contribution in [2.75, 3.05) is 6.54 Å². The minimum absolute atomic E-state index is 0.0286. The van der Waals surface area contributed by atoms with Crippen LogP contribution in [0, 0.1) is 6.92 Å². The number of hydrogen-bond donors (Lipinski definition) is 1. The third-order valence-electron chi connectivity index (χ3n) is 2.92. The third-order valence-corrected chi connectivity index (χ3v) is 2.92. The molecule has 0 saturated carbocycles. The monoisotopic (exact) mass is 267 g/mol. The van der Waals surface area contributed by atoms with E-state index in [1.165, 1.54) is 0 Å². The van der Waals surface area contributed by atoms with Crippen LogP contribution in [0.5, 0.6) is 0 Å². The highest BCUT2D eigenvalue weighted by molar-refractivity contribution is 5.95. The Hall–Kier alpha value is -1.85. The average molecular weight is 267 g/mol. The molecule has 106 valence electrons. The van der Waals surface area contributed by atoms with Gasteiger partial charge in [-0.15, -0.1) is 0 Å². The second kappa shape index (κ2) is 6.36. The number of carbonyl (C=O) groups is 2. The van der Waals surface area contributed by atoms with E-state index in [1.807, 2.05) is 13.8 Å². The lowest BCUT2D eigenvalue weighted by Gasteiger charge is -2.26. The highest BCUT2D eigenvalue weighted by atomic mass is 16.4. The van der Waals surface area contributed by atoms with Crippen LogP contribution in [-0.2, 0) is 11.8 Å². The number of carbonyl (C=O) groups excluding carboxylic acids is 1. The molecule has 1 N–H and O–H groups in total. The van der Waals surface area contributed by atoms with Crippen molar-refractivity contribution in [2.45, 2.75) is 39.7 Å². The van der Waals surface area contributed by atoms with Crippen LogP contribution in [0.15, 0.2) is 6.20 Å². The van der Waals surface area contributed by atoms with Crippen LogP contribution in [0.2, 0.25) is 0 Å². The van der Waals surface area contributed by atoms with E-state index in [0.717, 1.165) is 0 Å². The van der Waals surface area contributed by atoms with Crippen molar-refractivity contribution >= 4 is 11.9 Å². The standard InChI is InChI=1S/C13H21N3O3/c1-9(2)16(7-5-6-12(17)18)13(19)11-8-15(4)14-10(11)3/h8-9H,5-7H2,1-4H3,(H,17,18). The van der Waals surface area contributed by atoms with Gasteiger partial charge in [0.2, 0.25) is 0 Å². The molecule has 0 spiro atoms. The fraction of sp³-hybridized carbons (Fsp3) is 0.615. The summed E-state index contributed by atoms with van der Waals surface area (Å²) in [6.45, 7) is 6.08. The number of aromatic nitrogens is 2. The van der Waals surface area contributed by atoms with Gasteiger partial charge >= 0.3 is 5.97 Å². The topological polar surface area (TPSA) is 75.4 Å². The van der Waals surface area contributed by atoms with E-state index in [-0.39, 0.29) is 18.4 Å². The Balaban J connectivity index is 2.78. The lowest BCUT2D eigenvalue weighted by molar-refractivity contribution is -0.137. The zero-order chi connectivity index (χ0) is 14.6. The van der Waals surface area contributed by atoms with Crippen LogP contribution in [0.4, 0.5) is 0 Å². The largest absolute Gasteiger partial charge is 0.481 e. The third kappa shape index (κ3) is 4.08. The summed E-state index contributed by atoms with van der Waals surface area (Å²) in [6.07, 6.45) is 2.23. The highest BCUT2D eigenvalue weighted by Gasteiger charge is 2.22. The van der Waals surface area contributed by atoms with E-state index in [9.17, 15) is 9.59 Å². The van der Waals surface area contributed by atoms with E-state index >= 15 is 0 Å². The van der Waals surface area contributed by atoms with E-state index in [2.05, 4.69) is 5.10 Å². The van der Waals surface area contributed by atoms with Gasteiger partial charge in [0.05, 0.1) is 11.3 Å². The van der Waals surface area contributed by atoms with Gasteiger partial charge in [-0.2, -0.15) is 5.10 Å². The molecule has 1 aromatic heterocycles. The second-order valence-corrected chi connectivity index (χ2v) is 4.89. The summed E-state index contributed by atoms with van der Waals surface area (Å²) >= 11 is 0. The van der Waals surface area contributed by atoms with Crippen molar-refractivity contribution in [2.24, 2.45) is 7.05 Å². The molecule has 0 fully saturated rings. The zero-order valence-electron chi connectivity index (χ0n) is 11.9. The van der Waals surface area contributed by atoms with Crippen molar-refractivity contribution in [3.63, 3.8) is 0 Å². The second-order valence-electron chi connectivity index (χ2n) is 4.89. The Bertz CT molecular complexity index is 466. The van der Waals surface area contributed by atoms with E-state index < -0.39 is 5.97 Å². The predicted molar refractivity (Wildman–Crippen MR) is 71.0 cm³/mol. The van der Waals surface area contributed by atoms with Gasteiger partial charge in [-0.3, -0.25) is 14.3 Å². The molecule has 19 heavy (non-hydrogen) atoms. The van der Waals surface area contributed by atoms with Gasteiger partial charge in [0.1, 0.15) is 0 Å². The number of nitrogens with zero attached hydrogens (tertiary/aromatic N) is 3. The molecule has 0 aliphatic rings. The lowest BCUT2D eigenvalue weighted by Crippen LogP contribution is -2.38. The average Bonchev–Trinajstić information content (AvgIpc) is 2.62. The number of amides is 1. The first-order valence-electron chi connectivity index (χ1n) is 6.36. The Morgan fingerprint density at radius 2 is 2.11 bits per heavy atom. The van der Waals surface area contributed by atoms with E-state index in [0.29, 0.717) is 24.2 Å². The zero-order valence-corrected chi connectivity index (χ0v) is 11.9. The van der Waals surface area contributed by atoms with Crippen LogP contribution >= 0.6 is 0 Å². The molecule has 0 radical (unpaired) electrons. The predicted octanol–water partition coefficient (Wildman–Crippen LogP) is 1.44. The molecular formula is C13H21N3O3. The summed E-state index contributed by atoms with van der Waals surface area (Å²) in [5.41, 5.74) is 1.27. The van der Waals surface area contributed by atoms with Crippen molar-refractivity contribution in [1.82, 2.24) is 14.7 Å². The van der Waals surface area contributed by atoms with Crippen LogP contribution < -0.4 is 0 Å². The van der Waals surface area contributed by atoms with Gasteiger partial charge in [0, 0.05) is 32.3 Å². The summed E-state index contributed by atoms with van der Waals surface area (Å²) in [6, 6.07) is 0.0286. The highest BCUT2D eigenvalue weighted by Crippen LogP contribution is 2.12. The Labute approximate surface area is 113 Å². The van der Waals surface area contributed by atoms with Crippen LogP contribution in [0.25, 0.3) is 0 Å². The molecule has 1 amide bonds. The van der Waals surface area contributed by atoms with Gasteiger partial charge in [0.25, 0.3) is 5.91 Å². The van der Waals surface area contributed by atoms with Gasteiger partial charge in [-0.1, -0.05) is 0 Å². The Morgan fingerprint density at radius 3 is 2.53 bits per heavy atom. The molecule has 6 nitrogen and oxygen atoms in total. The number of aliphatic carboxylic acids is 1. The quantitative estimate of drug-likeness (QED) is 0.846. The fourth-order valence-corrected chi connectivity index (χ4v) is 1.96. The molecule has 0 unspecified atom stereocenters. The molecule has 0 aromatic carbocycles. The Kier molecular flexibility index (Phi) is 5.09. The summed E-state index contributed by atoms with van der Waals surface area (Å²) in [4.78, 5) is 24.6. The Morgan fingerprint density at radius 1 is 1.47 bits per heavy atom. The molecule has 1 aromatic rings. The van der Waals surface area contributed by atoms with Gasteiger partial charge in [-0.05, 0) is 27.2 Å². The van der Waals surface area contributed by atoms with E-state index in [1.54, 1.807) is 29.7 Å². The molecular weight excluding hydrogens is 246 g/mol. The molecule has 0 aliphatic heterocycles. The van der Waals surface area contributed by atoms with Gasteiger partial charge in [0.15, 0.2) is 0 Å². The number of carboxylic acid groups (broad SMARTS) is 1. The maximum absolute atomic E-state index is 12.4. The van der Waals surface area contributed by atoms with Crippen LogP contribution in [-0.4, -0.2) is 44.3 Å². The molecule has 0 aliphatic carbocycles. The fourth-order valence-electron chi connectivity index (χ4n) is 1.96. The van der Waals surface area contributed by atoms with Crippen LogP contribution in [0.3, 0.4) is 0 Å². The van der Waals surface area contributed by atoms with Gasteiger partial charge < -0.3 is 10.0 Å². The van der Waals surface area contributed by atoms with Crippen molar-refractivity contribution in [3.8, 4) is 0 Å². The molecule has 0 bridgehead atoms. The smallest absolute Gasteiger partial charge is 0.303 e. The molecule has 0 saturated heterocycles. The number of carboxylic acids is 1. The van der Waals surface area contributed by atoms with Crippen LogP contribution in [0.1, 0.15) is 42.7 Å². The molecule has 1 rings (SSSR count). The maximum atomic E-state index is 12.4. The van der Waals surface area contributed by atoms with Crippen molar-refractivity contribution < 1.29 is 14.7 Å². The molecule has 1 heterocycles. The van der Waals surface area contributed by atoms with E-state index in [4.69, 9.17) is 5.11 Å². The summed E-state index contributed by atoms with van der Waals surface area (Å²) < 4.78 is 1.61. The van der Waals surface area contributed by atoms with Crippen molar-refractivity contribution in [3.05, 3.63) is 17.5 Å². The lowest BCUT2D eigenvalue weighted by atomic mass is 10.2. The van der Waals surface area contributed by atoms with Crippen molar-refractivity contribution in [1.29, 1.82) is 0 Å². The maximum Gasteiger partial charge on any atom is 0.303 e. The number of hydrogen-bond acceptors (Lipinski definition) is 3. The summed E-state index contributed by atoms with van der Waals surface area (Å²) in [7, 11) is 1.77. The first-order valence-corrected chi connectivity index (χ1v) is 6.36. The number of rotatable bonds is 6. The van der Waals surface area contributed by atoms with Gasteiger partial charge in [-0.25, -0.2) is 0 Å². The number of aryl methyl sites for hydroxylation is 2. The first-order chi connectivity index (χ1) is 8.82. The first kappa shape index (κ1) is 15.2. The molecule has 6 heteroatoms. The SMILES string of the molecule is Cc1nn(C)cc1C(=O)N(CCCC(=O)O)C(C)C. The normalized spacial score (nSPS) is 10.8. The summed E-state index contributed by atoms with van der Waals surface area (Å²) in [5, 5.41) is 12.8. The minimum Gasteiger partial charge on any atom is -0.481 e.